The van der Waals surface area contributed by atoms with Crippen molar-refractivity contribution in [1.82, 2.24) is 14.5 Å². The average molecular weight is 439 g/mol. The molecule has 0 amide bonds. The van der Waals surface area contributed by atoms with Gasteiger partial charge in [-0.05, 0) is 25.0 Å². The molecule has 0 aliphatic carbocycles. The second-order valence-electron chi connectivity index (χ2n) is 8.61. The number of anilines is 1. The lowest BCUT2D eigenvalue weighted by Gasteiger charge is -2.08. The van der Waals surface area contributed by atoms with E-state index in [9.17, 15) is 4.79 Å². The summed E-state index contributed by atoms with van der Waals surface area (Å²) in [7, 11) is 0. The maximum atomic E-state index is 13.0. The molecule has 0 fully saturated rings. The molecule has 0 radical (unpaired) electrons. The molecule has 0 bridgehead atoms. The molecule has 2 aromatic heterocycles. The fraction of sp³-hybridized carbons (Fsp3) is 0.577. The third-order valence-electron chi connectivity index (χ3n) is 6.01. The van der Waals surface area contributed by atoms with Crippen LogP contribution < -0.4 is 5.73 Å². The van der Waals surface area contributed by atoms with Gasteiger partial charge in [0, 0.05) is 6.54 Å². The molecule has 0 atom stereocenters. The van der Waals surface area contributed by atoms with Gasteiger partial charge >= 0.3 is 5.97 Å². The van der Waals surface area contributed by atoms with Crippen LogP contribution in [0.4, 0.5) is 5.82 Å². The first-order valence-electron chi connectivity index (χ1n) is 12.4. The monoisotopic (exact) mass is 438 g/mol. The maximum absolute atomic E-state index is 13.0. The summed E-state index contributed by atoms with van der Waals surface area (Å²) in [5, 5.41) is 0. The van der Waals surface area contributed by atoms with Crippen molar-refractivity contribution < 1.29 is 9.53 Å². The predicted molar refractivity (Wildman–Crippen MR) is 132 cm³/mol. The van der Waals surface area contributed by atoms with Crippen molar-refractivity contribution in [3.63, 3.8) is 0 Å². The predicted octanol–water partition coefficient (Wildman–Crippen LogP) is 6.65. The van der Waals surface area contributed by atoms with Crippen LogP contribution in [0.5, 0.6) is 0 Å². The van der Waals surface area contributed by atoms with Crippen LogP contribution in [0.15, 0.2) is 24.3 Å². The highest BCUT2D eigenvalue weighted by atomic mass is 16.5. The number of rotatable bonds is 14. The molecule has 6 nitrogen and oxygen atoms in total. The Bertz CT molecular complexity index is 1010. The van der Waals surface area contributed by atoms with Gasteiger partial charge < -0.3 is 15.0 Å². The van der Waals surface area contributed by atoms with Gasteiger partial charge in [0.1, 0.15) is 16.9 Å². The smallest absolute Gasteiger partial charge is 0.344 e. The third-order valence-corrected chi connectivity index (χ3v) is 6.01. The van der Waals surface area contributed by atoms with Gasteiger partial charge in [0.25, 0.3) is 0 Å². The number of ether oxygens (including phenoxy) is 1. The summed E-state index contributed by atoms with van der Waals surface area (Å²) in [6.07, 6.45) is 12.7. The van der Waals surface area contributed by atoms with Crippen molar-refractivity contribution in [3.05, 3.63) is 29.8 Å². The number of benzene rings is 1. The molecule has 0 spiro atoms. The Kier molecular flexibility index (Phi) is 9.32. The number of hydrogen-bond donors (Lipinski definition) is 1. The van der Waals surface area contributed by atoms with Crippen molar-refractivity contribution in [2.75, 3.05) is 12.3 Å². The Morgan fingerprint density at radius 1 is 0.875 bits per heavy atom. The number of para-hydroxylation sites is 2. The van der Waals surface area contributed by atoms with E-state index in [-0.39, 0.29) is 0 Å². The Morgan fingerprint density at radius 2 is 1.47 bits per heavy atom. The Morgan fingerprint density at radius 3 is 2.16 bits per heavy atom. The number of nitrogen functional groups attached to an aromatic ring is 1. The second-order valence-corrected chi connectivity index (χ2v) is 8.61. The summed E-state index contributed by atoms with van der Waals surface area (Å²) >= 11 is 0. The summed E-state index contributed by atoms with van der Waals surface area (Å²) in [5.41, 5.74) is 9.60. The number of hydrogen-bond acceptors (Lipinski definition) is 5. The van der Waals surface area contributed by atoms with Crippen molar-refractivity contribution >= 4 is 34.0 Å². The minimum Gasteiger partial charge on any atom is -0.462 e. The molecule has 1 aromatic carbocycles. The Hall–Kier alpha value is -2.63. The van der Waals surface area contributed by atoms with Crippen LogP contribution in [0.2, 0.25) is 0 Å². The molecule has 2 N–H and O–H groups in total. The van der Waals surface area contributed by atoms with E-state index in [1.807, 2.05) is 28.8 Å². The van der Waals surface area contributed by atoms with Crippen molar-refractivity contribution in [3.8, 4) is 0 Å². The number of aryl methyl sites for hydroxylation is 1. The van der Waals surface area contributed by atoms with Gasteiger partial charge in [-0.1, -0.05) is 83.8 Å². The van der Waals surface area contributed by atoms with E-state index in [4.69, 9.17) is 20.4 Å². The normalized spacial score (nSPS) is 11.4. The van der Waals surface area contributed by atoms with Crippen LogP contribution >= 0.6 is 0 Å². The number of nitrogens with zero attached hydrogens (tertiary/aromatic N) is 3. The van der Waals surface area contributed by atoms with Gasteiger partial charge in [-0.2, -0.15) is 0 Å². The zero-order valence-electron chi connectivity index (χ0n) is 19.7. The largest absolute Gasteiger partial charge is 0.462 e. The maximum Gasteiger partial charge on any atom is 0.344 e. The molecule has 0 saturated heterocycles. The topological polar surface area (TPSA) is 83.0 Å². The van der Waals surface area contributed by atoms with E-state index in [1.165, 1.54) is 44.9 Å². The van der Waals surface area contributed by atoms with Gasteiger partial charge in [0.15, 0.2) is 5.65 Å². The zero-order chi connectivity index (χ0) is 22.8. The SMILES string of the molecule is CCCCCCCCCOC(=O)c1c(N)n(CCCCCC)c2nc3ccccc3nc12. The highest BCUT2D eigenvalue weighted by Crippen LogP contribution is 2.29. The van der Waals surface area contributed by atoms with Crippen LogP contribution in [-0.4, -0.2) is 27.1 Å². The zero-order valence-corrected chi connectivity index (χ0v) is 19.7. The summed E-state index contributed by atoms with van der Waals surface area (Å²) < 4.78 is 7.55. The summed E-state index contributed by atoms with van der Waals surface area (Å²) in [5.74, 6) is 0.0201. The quantitative estimate of drug-likeness (QED) is 0.225. The van der Waals surface area contributed by atoms with E-state index in [1.54, 1.807) is 0 Å². The Labute approximate surface area is 191 Å². The molecule has 32 heavy (non-hydrogen) atoms. The fourth-order valence-corrected chi connectivity index (χ4v) is 4.14. The first kappa shape index (κ1) is 24.0. The van der Waals surface area contributed by atoms with Gasteiger partial charge in [0.2, 0.25) is 0 Å². The standard InChI is InChI=1S/C26H38N4O2/c1-3-5-7-9-10-11-15-19-32-26(31)22-23-25(29-21-17-13-12-16-20(21)28-23)30(24(22)27)18-14-8-6-4-2/h12-13,16-17H,3-11,14-15,18-19,27H2,1-2H3. The van der Waals surface area contributed by atoms with Gasteiger partial charge in [-0.3, -0.25) is 0 Å². The number of esters is 1. The molecule has 3 aromatic rings. The van der Waals surface area contributed by atoms with Crippen LogP contribution in [-0.2, 0) is 11.3 Å². The molecule has 6 heteroatoms. The lowest BCUT2D eigenvalue weighted by atomic mass is 10.1. The van der Waals surface area contributed by atoms with E-state index < -0.39 is 5.97 Å². The fourth-order valence-electron chi connectivity index (χ4n) is 4.14. The van der Waals surface area contributed by atoms with Crippen LogP contribution in [0, 0.1) is 0 Å². The number of carbonyl (C=O) groups excluding carboxylic acids is 1. The number of carbonyl (C=O) groups is 1. The van der Waals surface area contributed by atoms with Crippen LogP contribution in [0.1, 0.15) is 94.8 Å². The molecule has 0 aliphatic rings. The van der Waals surface area contributed by atoms with Crippen molar-refractivity contribution in [1.29, 1.82) is 0 Å². The minimum atomic E-state index is -0.393. The van der Waals surface area contributed by atoms with Gasteiger partial charge in [-0.25, -0.2) is 14.8 Å². The second kappa shape index (κ2) is 12.4. The van der Waals surface area contributed by atoms with E-state index in [0.29, 0.717) is 29.2 Å². The van der Waals surface area contributed by atoms with Crippen molar-refractivity contribution in [2.45, 2.75) is 91.0 Å². The van der Waals surface area contributed by atoms with Gasteiger partial charge in [-0.15, -0.1) is 0 Å². The summed E-state index contributed by atoms with van der Waals surface area (Å²) in [6, 6.07) is 7.71. The average Bonchev–Trinajstić information content (AvgIpc) is 3.07. The number of unbranched alkanes of at least 4 members (excludes halogenated alkanes) is 9. The van der Waals surface area contributed by atoms with Crippen LogP contribution in [0.3, 0.4) is 0 Å². The third kappa shape index (κ3) is 5.99. The molecule has 3 rings (SSSR count). The summed E-state index contributed by atoms with van der Waals surface area (Å²) in [6.45, 7) is 5.55. The van der Waals surface area contributed by atoms with E-state index in [2.05, 4.69) is 13.8 Å². The van der Waals surface area contributed by atoms with Gasteiger partial charge in [0.05, 0.1) is 17.6 Å². The Balaban J connectivity index is 1.75. The lowest BCUT2D eigenvalue weighted by Crippen LogP contribution is -2.11. The first-order valence-corrected chi connectivity index (χ1v) is 12.4. The lowest BCUT2D eigenvalue weighted by molar-refractivity contribution is 0.0501. The molecular formula is C26H38N4O2. The van der Waals surface area contributed by atoms with E-state index >= 15 is 0 Å². The number of aromatic nitrogens is 3. The van der Waals surface area contributed by atoms with Crippen molar-refractivity contribution in [2.24, 2.45) is 0 Å². The molecule has 0 unspecified atom stereocenters. The minimum absolute atomic E-state index is 0.358. The molecule has 0 saturated carbocycles. The van der Waals surface area contributed by atoms with E-state index in [0.717, 1.165) is 43.3 Å². The molecule has 2 heterocycles. The number of fused-ring (bicyclic) bond motifs is 2. The highest BCUT2D eigenvalue weighted by molar-refractivity contribution is 6.08. The summed E-state index contributed by atoms with van der Waals surface area (Å²) in [4.78, 5) is 22.5. The molecular weight excluding hydrogens is 400 g/mol. The first-order chi connectivity index (χ1) is 15.7. The molecule has 0 aliphatic heterocycles. The highest BCUT2D eigenvalue weighted by Gasteiger charge is 2.24. The molecule has 174 valence electrons. The van der Waals surface area contributed by atoms with Crippen LogP contribution in [0.25, 0.3) is 22.2 Å². The number of nitrogens with two attached hydrogens (primary N) is 1.